The topological polar surface area (TPSA) is 106 Å². The monoisotopic (exact) mass is 394 g/mol. The lowest BCUT2D eigenvalue weighted by molar-refractivity contribution is -0.132. The lowest BCUT2D eigenvalue weighted by Crippen LogP contribution is -2.41. The summed E-state index contributed by atoms with van der Waals surface area (Å²) in [5.41, 5.74) is 1.41. The Balaban J connectivity index is 1.93. The second-order valence-electron chi connectivity index (χ2n) is 6.11. The third-order valence-electron chi connectivity index (χ3n) is 4.48. The van der Waals surface area contributed by atoms with Gasteiger partial charge in [-0.25, -0.2) is 9.89 Å². The SMILES string of the molecule is CCOC(=O)c1c(C)c2c(=O)[nH]nc(SCC(=O)N3CCOCC3)n2c1C. The molecule has 1 aliphatic heterocycles. The predicted molar refractivity (Wildman–Crippen MR) is 99.4 cm³/mol. The second-order valence-corrected chi connectivity index (χ2v) is 7.05. The number of fused-ring (bicyclic) bond motifs is 1. The first-order valence-corrected chi connectivity index (χ1v) is 9.70. The van der Waals surface area contributed by atoms with Gasteiger partial charge in [0.25, 0.3) is 5.56 Å². The van der Waals surface area contributed by atoms with Crippen LogP contribution in [0.3, 0.4) is 0 Å². The van der Waals surface area contributed by atoms with E-state index in [9.17, 15) is 14.4 Å². The molecular formula is C17H22N4O5S. The molecule has 1 aliphatic rings. The molecule has 0 radical (unpaired) electrons. The standard InChI is InChI=1S/C17H22N4O5S/c1-4-26-16(24)13-10(2)14-15(23)18-19-17(21(14)11(13)3)27-9-12(22)20-5-7-25-8-6-20/h4-9H2,1-3H3,(H,18,23). The number of hydrogen-bond acceptors (Lipinski definition) is 7. The van der Waals surface area contributed by atoms with E-state index in [2.05, 4.69) is 10.2 Å². The van der Waals surface area contributed by atoms with E-state index >= 15 is 0 Å². The van der Waals surface area contributed by atoms with Gasteiger partial charge in [-0.1, -0.05) is 11.8 Å². The van der Waals surface area contributed by atoms with Gasteiger partial charge in [-0.3, -0.25) is 14.0 Å². The van der Waals surface area contributed by atoms with Gasteiger partial charge in [0.1, 0.15) is 5.52 Å². The highest BCUT2D eigenvalue weighted by Crippen LogP contribution is 2.26. The van der Waals surface area contributed by atoms with Gasteiger partial charge in [0.15, 0.2) is 5.16 Å². The van der Waals surface area contributed by atoms with Gasteiger partial charge < -0.3 is 14.4 Å². The summed E-state index contributed by atoms with van der Waals surface area (Å²) in [5, 5.41) is 6.99. The Morgan fingerprint density at radius 3 is 2.67 bits per heavy atom. The van der Waals surface area contributed by atoms with Crippen molar-refractivity contribution in [1.29, 1.82) is 0 Å². The first-order valence-electron chi connectivity index (χ1n) is 8.71. The number of rotatable bonds is 5. The van der Waals surface area contributed by atoms with Crippen LogP contribution in [-0.2, 0) is 14.3 Å². The number of ether oxygens (including phenoxy) is 2. The van der Waals surface area contributed by atoms with E-state index in [1.54, 1.807) is 30.1 Å². The molecule has 0 aliphatic carbocycles. The van der Waals surface area contributed by atoms with Crippen molar-refractivity contribution >= 4 is 29.2 Å². The van der Waals surface area contributed by atoms with Gasteiger partial charge in [-0.2, -0.15) is 0 Å². The van der Waals surface area contributed by atoms with Crippen LogP contribution in [0.25, 0.3) is 5.52 Å². The summed E-state index contributed by atoms with van der Waals surface area (Å²) in [6, 6.07) is 0. The predicted octanol–water partition coefficient (Wildman–Crippen LogP) is 0.767. The first-order chi connectivity index (χ1) is 13.0. The van der Waals surface area contributed by atoms with Crippen LogP contribution in [0.1, 0.15) is 28.5 Å². The number of nitrogens with zero attached hydrogens (tertiary/aromatic N) is 3. The summed E-state index contributed by atoms with van der Waals surface area (Å²) in [4.78, 5) is 38.7. The van der Waals surface area contributed by atoms with Gasteiger partial charge in [-0.15, -0.1) is 5.10 Å². The number of esters is 1. The molecule has 0 saturated carbocycles. The Labute approximate surface area is 160 Å². The maximum absolute atomic E-state index is 12.4. The number of thioether (sulfide) groups is 1. The minimum absolute atomic E-state index is 0.0170. The van der Waals surface area contributed by atoms with E-state index < -0.39 is 11.5 Å². The van der Waals surface area contributed by atoms with E-state index in [4.69, 9.17) is 9.47 Å². The minimum atomic E-state index is -0.476. The second kappa shape index (κ2) is 8.13. The molecule has 1 amide bonds. The lowest BCUT2D eigenvalue weighted by atomic mass is 10.1. The van der Waals surface area contributed by atoms with Crippen molar-refractivity contribution in [3.05, 3.63) is 27.2 Å². The molecule has 2 aromatic rings. The van der Waals surface area contributed by atoms with Crippen LogP contribution in [0.15, 0.2) is 9.95 Å². The van der Waals surface area contributed by atoms with Crippen molar-refractivity contribution in [1.82, 2.24) is 19.5 Å². The van der Waals surface area contributed by atoms with Crippen LogP contribution in [0.5, 0.6) is 0 Å². The molecule has 1 N–H and O–H groups in total. The van der Waals surface area contributed by atoms with E-state index in [0.717, 1.165) is 0 Å². The van der Waals surface area contributed by atoms with E-state index in [0.29, 0.717) is 53.8 Å². The number of carbonyl (C=O) groups is 2. The number of nitrogens with one attached hydrogen (secondary N) is 1. The average molecular weight is 394 g/mol. The van der Waals surface area contributed by atoms with Crippen molar-refractivity contribution < 1.29 is 19.1 Å². The molecule has 9 nitrogen and oxygen atoms in total. The van der Waals surface area contributed by atoms with Crippen LogP contribution in [0.4, 0.5) is 0 Å². The molecule has 0 bridgehead atoms. The van der Waals surface area contributed by atoms with Crippen LogP contribution < -0.4 is 5.56 Å². The third kappa shape index (κ3) is 3.72. The van der Waals surface area contributed by atoms with Crippen molar-refractivity contribution in [2.45, 2.75) is 25.9 Å². The van der Waals surface area contributed by atoms with Crippen molar-refractivity contribution in [3.63, 3.8) is 0 Å². The number of aromatic amines is 1. The molecule has 2 aromatic heterocycles. The normalized spacial score (nSPS) is 14.6. The first kappa shape index (κ1) is 19.4. The van der Waals surface area contributed by atoms with Crippen molar-refractivity contribution in [2.75, 3.05) is 38.7 Å². The zero-order valence-electron chi connectivity index (χ0n) is 15.5. The largest absolute Gasteiger partial charge is 0.462 e. The summed E-state index contributed by atoms with van der Waals surface area (Å²) < 4.78 is 12.0. The number of aromatic nitrogens is 3. The fourth-order valence-corrected chi connectivity index (χ4v) is 4.08. The number of aryl methyl sites for hydroxylation is 2. The van der Waals surface area contributed by atoms with Crippen LogP contribution in [0.2, 0.25) is 0 Å². The molecule has 1 saturated heterocycles. The number of morpholine rings is 1. The Morgan fingerprint density at radius 1 is 1.30 bits per heavy atom. The van der Waals surface area contributed by atoms with Crippen molar-refractivity contribution in [3.8, 4) is 0 Å². The summed E-state index contributed by atoms with van der Waals surface area (Å²) >= 11 is 1.22. The maximum atomic E-state index is 12.4. The highest BCUT2D eigenvalue weighted by atomic mass is 32.2. The van der Waals surface area contributed by atoms with Gasteiger partial charge >= 0.3 is 5.97 Å². The van der Waals surface area contributed by atoms with Crippen LogP contribution >= 0.6 is 11.8 Å². The van der Waals surface area contributed by atoms with Gasteiger partial charge in [0, 0.05) is 18.8 Å². The molecule has 1 fully saturated rings. The van der Waals surface area contributed by atoms with Crippen LogP contribution in [0, 0.1) is 13.8 Å². The third-order valence-corrected chi connectivity index (χ3v) is 5.40. The summed E-state index contributed by atoms with van der Waals surface area (Å²) in [7, 11) is 0. The Bertz CT molecular complexity index is 930. The van der Waals surface area contributed by atoms with Crippen LogP contribution in [-0.4, -0.2) is 70.0 Å². The number of H-pyrrole nitrogens is 1. The smallest absolute Gasteiger partial charge is 0.340 e. The number of hydrogen-bond donors (Lipinski definition) is 1. The molecular weight excluding hydrogens is 372 g/mol. The molecule has 3 rings (SSSR count). The summed E-state index contributed by atoms with van der Waals surface area (Å²) in [6.07, 6.45) is 0. The Kier molecular flexibility index (Phi) is 5.85. The molecule has 10 heteroatoms. The molecule has 3 heterocycles. The van der Waals surface area contributed by atoms with E-state index in [-0.39, 0.29) is 18.3 Å². The fourth-order valence-electron chi connectivity index (χ4n) is 3.18. The number of amides is 1. The minimum Gasteiger partial charge on any atom is -0.462 e. The van der Waals surface area contributed by atoms with Gasteiger partial charge in [0.2, 0.25) is 5.91 Å². The number of carbonyl (C=O) groups excluding carboxylic acids is 2. The summed E-state index contributed by atoms with van der Waals surface area (Å²) in [5.74, 6) is -0.313. The van der Waals surface area contributed by atoms with Crippen molar-refractivity contribution in [2.24, 2.45) is 0 Å². The maximum Gasteiger partial charge on any atom is 0.340 e. The molecule has 0 spiro atoms. The lowest BCUT2D eigenvalue weighted by Gasteiger charge is -2.26. The highest BCUT2D eigenvalue weighted by molar-refractivity contribution is 7.99. The fraction of sp³-hybridized carbons (Fsp3) is 0.529. The average Bonchev–Trinajstić information content (AvgIpc) is 2.93. The van der Waals surface area contributed by atoms with Gasteiger partial charge in [0.05, 0.1) is 31.1 Å². The zero-order chi connectivity index (χ0) is 19.6. The zero-order valence-corrected chi connectivity index (χ0v) is 16.4. The molecule has 27 heavy (non-hydrogen) atoms. The molecule has 146 valence electrons. The Morgan fingerprint density at radius 2 is 2.00 bits per heavy atom. The highest BCUT2D eigenvalue weighted by Gasteiger charge is 2.25. The molecule has 0 aromatic carbocycles. The summed E-state index contributed by atoms with van der Waals surface area (Å²) in [6.45, 7) is 7.63. The van der Waals surface area contributed by atoms with Gasteiger partial charge in [-0.05, 0) is 26.3 Å². The van der Waals surface area contributed by atoms with E-state index in [1.165, 1.54) is 11.8 Å². The van der Waals surface area contributed by atoms with E-state index in [1.807, 2.05) is 0 Å². The quantitative estimate of drug-likeness (QED) is 0.590. The molecule has 0 atom stereocenters. The molecule has 0 unspecified atom stereocenters. The Hall–Kier alpha value is -2.33.